The van der Waals surface area contributed by atoms with Crippen molar-refractivity contribution in [1.29, 1.82) is 0 Å². The summed E-state index contributed by atoms with van der Waals surface area (Å²) in [7, 11) is 0. The van der Waals surface area contributed by atoms with Crippen molar-refractivity contribution in [3.05, 3.63) is 34.3 Å². The van der Waals surface area contributed by atoms with Crippen molar-refractivity contribution in [3.63, 3.8) is 0 Å². The molecule has 0 spiro atoms. The van der Waals surface area contributed by atoms with Crippen LogP contribution in [-0.4, -0.2) is 0 Å². The van der Waals surface area contributed by atoms with Gasteiger partial charge in [0.15, 0.2) is 0 Å². The molecule has 0 aliphatic rings. The molecule has 0 saturated carbocycles. The number of halogens is 1. The average molecular weight is 211 g/mol. The molecule has 0 unspecified atom stereocenters. The fraction of sp³-hybridized carbons (Fsp3) is 0.538. The molecule has 1 aromatic carbocycles. The predicted molar refractivity (Wildman–Crippen MR) is 64.1 cm³/mol. The Balaban J connectivity index is 2.90. The van der Waals surface area contributed by atoms with Crippen molar-refractivity contribution in [3.8, 4) is 0 Å². The zero-order chi connectivity index (χ0) is 10.7. The highest BCUT2D eigenvalue weighted by Gasteiger charge is 2.05. The van der Waals surface area contributed by atoms with E-state index < -0.39 is 0 Å². The van der Waals surface area contributed by atoms with E-state index in [1.54, 1.807) is 0 Å². The maximum Gasteiger partial charge on any atom is 0.0440 e. The largest absolute Gasteiger partial charge is 0.0840 e. The van der Waals surface area contributed by atoms with E-state index in [2.05, 4.69) is 45.9 Å². The Morgan fingerprint density at radius 3 is 2.21 bits per heavy atom. The van der Waals surface area contributed by atoms with Crippen molar-refractivity contribution in [2.45, 2.75) is 40.0 Å². The van der Waals surface area contributed by atoms with E-state index in [0.29, 0.717) is 11.8 Å². The van der Waals surface area contributed by atoms with Crippen molar-refractivity contribution in [1.82, 2.24) is 0 Å². The molecular formula is C13H19Cl. The van der Waals surface area contributed by atoms with Crippen molar-refractivity contribution < 1.29 is 0 Å². The van der Waals surface area contributed by atoms with E-state index in [-0.39, 0.29) is 0 Å². The van der Waals surface area contributed by atoms with Crippen molar-refractivity contribution in [2.75, 3.05) is 0 Å². The Bertz CT molecular complexity index is 300. The zero-order valence-corrected chi connectivity index (χ0v) is 10.2. The minimum absolute atomic E-state index is 0.556. The van der Waals surface area contributed by atoms with Gasteiger partial charge < -0.3 is 0 Å². The Morgan fingerprint density at radius 2 is 1.79 bits per heavy atom. The third kappa shape index (κ3) is 3.02. The molecule has 0 heterocycles. The lowest BCUT2D eigenvalue weighted by molar-refractivity contribution is 0.647. The topological polar surface area (TPSA) is 0 Å². The van der Waals surface area contributed by atoms with Crippen LogP contribution in [-0.2, 0) is 6.42 Å². The highest BCUT2D eigenvalue weighted by molar-refractivity contribution is 6.31. The first kappa shape index (κ1) is 11.6. The number of rotatable bonds is 3. The Labute approximate surface area is 92.3 Å². The second kappa shape index (κ2) is 4.84. The van der Waals surface area contributed by atoms with Crippen LogP contribution in [0, 0.1) is 5.92 Å². The summed E-state index contributed by atoms with van der Waals surface area (Å²) in [6.07, 6.45) is 1.07. The molecule has 0 aliphatic heterocycles. The van der Waals surface area contributed by atoms with E-state index in [0.717, 1.165) is 11.4 Å². The first-order valence-electron chi connectivity index (χ1n) is 5.29. The Morgan fingerprint density at radius 1 is 1.14 bits per heavy atom. The lowest BCUT2D eigenvalue weighted by Gasteiger charge is -2.11. The highest BCUT2D eigenvalue weighted by atomic mass is 35.5. The quantitative estimate of drug-likeness (QED) is 0.681. The molecule has 14 heavy (non-hydrogen) atoms. The summed E-state index contributed by atoms with van der Waals surface area (Å²) in [5.41, 5.74) is 2.59. The van der Waals surface area contributed by atoms with Crippen LogP contribution in [0.3, 0.4) is 0 Å². The molecule has 0 radical (unpaired) electrons. The van der Waals surface area contributed by atoms with Gasteiger partial charge in [0, 0.05) is 5.02 Å². The van der Waals surface area contributed by atoms with Gasteiger partial charge in [-0.2, -0.15) is 0 Å². The standard InChI is InChI=1S/C13H19Cl/c1-9(2)7-12-6-5-11(10(3)4)8-13(12)14/h5-6,8-10H,7H2,1-4H3. The summed E-state index contributed by atoms with van der Waals surface area (Å²) in [4.78, 5) is 0. The Hall–Kier alpha value is -0.490. The molecule has 78 valence electrons. The summed E-state index contributed by atoms with van der Waals surface area (Å²) in [5.74, 6) is 1.22. The monoisotopic (exact) mass is 210 g/mol. The van der Waals surface area contributed by atoms with Crippen LogP contribution in [0.5, 0.6) is 0 Å². The smallest absolute Gasteiger partial charge is 0.0440 e. The average Bonchev–Trinajstić information content (AvgIpc) is 2.07. The third-order valence-electron chi connectivity index (χ3n) is 2.37. The molecule has 0 fully saturated rings. The van der Waals surface area contributed by atoms with Gasteiger partial charge in [0.2, 0.25) is 0 Å². The van der Waals surface area contributed by atoms with Crippen LogP contribution < -0.4 is 0 Å². The fourth-order valence-corrected chi connectivity index (χ4v) is 1.79. The van der Waals surface area contributed by atoms with Crippen LogP contribution in [0.4, 0.5) is 0 Å². The molecule has 0 N–H and O–H groups in total. The van der Waals surface area contributed by atoms with Gasteiger partial charge in [-0.05, 0) is 35.4 Å². The van der Waals surface area contributed by atoms with E-state index in [1.165, 1.54) is 11.1 Å². The van der Waals surface area contributed by atoms with E-state index in [4.69, 9.17) is 11.6 Å². The van der Waals surface area contributed by atoms with Crippen LogP contribution in [0.25, 0.3) is 0 Å². The van der Waals surface area contributed by atoms with Gasteiger partial charge in [-0.25, -0.2) is 0 Å². The van der Waals surface area contributed by atoms with E-state index >= 15 is 0 Å². The third-order valence-corrected chi connectivity index (χ3v) is 2.72. The maximum atomic E-state index is 6.22. The molecule has 1 aromatic rings. The molecule has 1 rings (SSSR count). The van der Waals surface area contributed by atoms with Crippen molar-refractivity contribution in [2.24, 2.45) is 5.92 Å². The minimum atomic E-state index is 0.556. The van der Waals surface area contributed by atoms with Gasteiger partial charge in [0.1, 0.15) is 0 Å². The molecule has 0 saturated heterocycles. The second-order valence-electron chi connectivity index (χ2n) is 4.60. The summed E-state index contributed by atoms with van der Waals surface area (Å²) in [6, 6.07) is 6.45. The first-order valence-corrected chi connectivity index (χ1v) is 5.66. The van der Waals surface area contributed by atoms with Gasteiger partial charge in [-0.3, -0.25) is 0 Å². The van der Waals surface area contributed by atoms with Gasteiger partial charge in [0.05, 0.1) is 0 Å². The molecule has 0 aromatic heterocycles. The van der Waals surface area contributed by atoms with Gasteiger partial charge in [-0.15, -0.1) is 0 Å². The molecular weight excluding hydrogens is 192 g/mol. The van der Waals surface area contributed by atoms with E-state index in [1.807, 2.05) is 0 Å². The number of benzene rings is 1. The molecule has 1 heteroatoms. The number of hydrogen-bond donors (Lipinski definition) is 0. The lowest BCUT2D eigenvalue weighted by atomic mass is 9.98. The fourth-order valence-electron chi connectivity index (χ4n) is 1.53. The highest BCUT2D eigenvalue weighted by Crippen LogP contribution is 2.24. The lowest BCUT2D eigenvalue weighted by Crippen LogP contribution is -1.96. The first-order chi connectivity index (χ1) is 6.50. The SMILES string of the molecule is CC(C)Cc1ccc(C(C)C)cc1Cl. The van der Waals surface area contributed by atoms with Crippen LogP contribution in [0.2, 0.25) is 5.02 Å². The molecule has 0 amide bonds. The summed E-state index contributed by atoms with van der Waals surface area (Å²) in [6.45, 7) is 8.81. The predicted octanol–water partition coefficient (Wildman–Crippen LogP) is 4.66. The normalized spacial score (nSPS) is 11.4. The summed E-state index contributed by atoms with van der Waals surface area (Å²) < 4.78 is 0. The van der Waals surface area contributed by atoms with Gasteiger partial charge in [-0.1, -0.05) is 51.4 Å². The summed E-state index contributed by atoms with van der Waals surface area (Å²) in [5, 5.41) is 0.921. The molecule has 0 aliphatic carbocycles. The van der Waals surface area contributed by atoms with Gasteiger partial charge >= 0.3 is 0 Å². The van der Waals surface area contributed by atoms with Crippen molar-refractivity contribution >= 4 is 11.6 Å². The van der Waals surface area contributed by atoms with Crippen LogP contribution in [0.15, 0.2) is 18.2 Å². The van der Waals surface area contributed by atoms with Crippen LogP contribution in [0.1, 0.15) is 44.7 Å². The molecule has 0 bridgehead atoms. The van der Waals surface area contributed by atoms with Gasteiger partial charge in [0.25, 0.3) is 0 Å². The second-order valence-corrected chi connectivity index (χ2v) is 5.01. The molecule has 0 nitrogen and oxygen atoms in total. The van der Waals surface area contributed by atoms with Crippen LogP contribution >= 0.6 is 11.6 Å². The maximum absolute atomic E-state index is 6.22. The number of hydrogen-bond acceptors (Lipinski definition) is 0. The zero-order valence-electron chi connectivity index (χ0n) is 9.47. The molecule has 0 atom stereocenters. The minimum Gasteiger partial charge on any atom is -0.0840 e. The Kier molecular flexibility index (Phi) is 4.00. The van der Waals surface area contributed by atoms with E-state index in [9.17, 15) is 0 Å². The summed E-state index contributed by atoms with van der Waals surface area (Å²) >= 11 is 6.22.